The molecule has 1 aromatic carbocycles. The van der Waals surface area contributed by atoms with Crippen molar-refractivity contribution in [3.63, 3.8) is 0 Å². The van der Waals surface area contributed by atoms with E-state index in [1.165, 1.54) is 0 Å². The molecular formula is C13H16N4. The monoisotopic (exact) mass is 228 g/mol. The minimum Gasteiger partial charge on any atom is -0.329 e. The van der Waals surface area contributed by atoms with E-state index >= 15 is 0 Å². The van der Waals surface area contributed by atoms with Gasteiger partial charge in [0.15, 0.2) is 0 Å². The maximum absolute atomic E-state index is 5.64. The smallest absolute Gasteiger partial charge is 0.136 e. The highest BCUT2D eigenvalue weighted by atomic mass is 15.2. The molecule has 1 aromatic heterocycles. The third kappa shape index (κ3) is 2.60. The fourth-order valence-electron chi connectivity index (χ4n) is 1.65. The van der Waals surface area contributed by atoms with Crippen molar-refractivity contribution in [1.29, 1.82) is 0 Å². The van der Waals surface area contributed by atoms with E-state index in [0.717, 1.165) is 22.9 Å². The van der Waals surface area contributed by atoms with E-state index in [1.54, 1.807) is 6.20 Å². The molecule has 0 saturated heterocycles. The third-order valence-electron chi connectivity index (χ3n) is 2.64. The number of rotatable bonds is 3. The number of benzene rings is 1. The van der Waals surface area contributed by atoms with E-state index in [1.807, 2.05) is 43.1 Å². The van der Waals surface area contributed by atoms with Crippen LogP contribution >= 0.6 is 0 Å². The molecule has 0 radical (unpaired) electrons. The molecule has 0 atom stereocenters. The first-order valence-electron chi connectivity index (χ1n) is 5.53. The lowest BCUT2D eigenvalue weighted by atomic mass is 10.2. The van der Waals surface area contributed by atoms with Gasteiger partial charge in [-0.25, -0.2) is 9.97 Å². The van der Waals surface area contributed by atoms with Crippen molar-refractivity contribution in [1.82, 2.24) is 9.97 Å². The number of hydrogen-bond acceptors (Lipinski definition) is 4. The van der Waals surface area contributed by atoms with Crippen molar-refractivity contribution in [2.75, 3.05) is 11.9 Å². The molecular weight excluding hydrogens is 212 g/mol. The highest BCUT2D eigenvalue weighted by molar-refractivity contribution is 5.59. The van der Waals surface area contributed by atoms with Gasteiger partial charge < -0.3 is 10.6 Å². The van der Waals surface area contributed by atoms with Gasteiger partial charge in [-0.15, -0.1) is 0 Å². The van der Waals surface area contributed by atoms with E-state index in [4.69, 9.17) is 5.73 Å². The fourth-order valence-corrected chi connectivity index (χ4v) is 1.65. The molecule has 4 nitrogen and oxygen atoms in total. The molecule has 0 spiro atoms. The van der Waals surface area contributed by atoms with Crippen LogP contribution in [0.1, 0.15) is 11.4 Å². The highest BCUT2D eigenvalue weighted by Gasteiger charge is 2.05. The van der Waals surface area contributed by atoms with Crippen molar-refractivity contribution in [2.45, 2.75) is 13.5 Å². The van der Waals surface area contributed by atoms with E-state index in [2.05, 4.69) is 16.0 Å². The van der Waals surface area contributed by atoms with E-state index < -0.39 is 0 Å². The summed E-state index contributed by atoms with van der Waals surface area (Å²) in [5, 5.41) is 0. The lowest BCUT2D eigenvalue weighted by Gasteiger charge is -2.19. The van der Waals surface area contributed by atoms with E-state index in [0.29, 0.717) is 6.54 Å². The van der Waals surface area contributed by atoms with Gasteiger partial charge in [0.2, 0.25) is 0 Å². The van der Waals surface area contributed by atoms with E-state index in [-0.39, 0.29) is 0 Å². The summed E-state index contributed by atoms with van der Waals surface area (Å²) in [5.74, 6) is 1.65. The molecule has 4 heteroatoms. The second kappa shape index (κ2) is 4.93. The molecule has 0 saturated carbocycles. The van der Waals surface area contributed by atoms with Crippen molar-refractivity contribution in [3.05, 3.63) is 47.9 Å². The van der Waals surface area contributed by atoms with Gasteiger partial charge in [0.05, 0.1) is 0 Å². The summed E-state index contributed by atoms with van der Waals surface area (Å²) in [4.78, 5) is 10.5. The number of hydrogen-bond donors (Lipinski definition) is 1. The summed E-state index contributed by atoms with van der Waals surface area (Å²) in [6.07, 6.45) is 1.76. The molecule has 0 unspecified atom stereocenters. The van der Waals surface area contributed by atoms with Gasteiger partial charge in [-0.1, -0.05) is 12.1 Å². The minimum absolute atomic E-state index is 0.546. The molecule has 17 heavy (non-hydrogen) atoms. The van der Waals surface area contributed by atoms with Crippen molar-refractivity contribution < 1.29 is 0 Å². The van der Waals surface area contributed by atoms with Gasteiger partial charge in [0.25, 0.3) is 0 Å². The SMILES string of the molecule is Cc1nccc(N(C)c2cccc(CN)c2)n1. The van der Waals surface area contributed by atoms with Crippen LogP contribution in [-0.2, 0) is 6.54 Å². The largest absolute Gasteiger partial charge is 0.329 e. The Morgan fingerprint density at radius 3 is 2.82 bits per heavy atom. The molecule has 2 N–H and O–H groups in total. The number of aromatic nitrogens is 2. The topological polar surface area (TPSA) is 55.0 Å². The van der Waals surface area contributed by atoms with Gasteiger partial charge in [0, 0.05) is 25.5 Å². The van der Waals surface area contributed by atoms with Crippen LogP contribution in [0.2, 0.25) is 0 Å². The zero-order chi connectivity index (χ0) is 12.3. The van der Waals surface area contributed by atoms with Crippen molar-refractivity contribution in [2.24, 2.45) is 5.73 Å². The molecule has 1 heterocycles. The van der Waals surface area contributed by atoms with Crippen LogP contribution in [0.25, 0.3) is 0 Å². The van der Waals surface area contributed by atoms with Gasteiger partial charge in [-0.05, 0) is 30.7 Å². The molecule has 0 aliphatic heterocycles. The van der Waals surface area contributed by atoms with Crippen LogP contribution in [0.4, 0.5) is 11.5 Å². The summed E-state index contributed by atoms with van der Waals surface area (Å²) >= 11 is 0. The summed E-state index contributed by atoms with van der Waals surface area (Å²) in [6, 6.07) is 10.0. The average Bonchev–Trinajstić information content (AvgIpc) is 2.38. The van der Waals surface area contributed by atoms with Crippen molar-refractivity contribution in [3.8, 4) is 0 Å². The number of aryl methyl sites for hydroxylation is 1. The Bertz CT molecular complexity index is 510. The average molecular weight is 228 g/mol. The molecule has 0 bridgehead atoms. The third-order valence-corrected chi connectivity index (χ3v) is 2.64. The summed E-state index contributed by atoms with van der Waals surface area (Å²) in [6.45, 7) is 2.43. The summed E-state index contributed by atoms with van der Waals surface area (Å²) < 4.78 is 0. The van der Waals surface area contributed by atoms with Crippen molar-refractivity contribution >= 4 is 11.5 Å². The van der Waals surface area contributed by atoms with Gasteiger partial charge in [-0.3, -0.25) is 0 Å². The van der Waals surface area contributed by atoms with Crippen LogP contribution in [0.3, 0.4) is 0 Å². The predicted molar refractivity (Wildman–Crippen MR) is 69.2 cm³/mol. The summed E-state index contributed by atoms with van der Waals surface area (Å²) in [5.41, 5.74) is 7.82. The van der Waals surface area contributed by atoms with Crippen LogP contribution in [0, 0.1) is 6.92 Å². The molecule has 88 valence electrons. The molecule has 2 aromatic rings. The Hall–Kier alpha value is -1.94. The number of anilines is 2. The first-order valence-corrected chi connectivity index (χ1v) is 5.53. The van der Waals surface area contributed by atoms with Crippen LogP contribution < -0.4 is 10.6 Å². The Morgan fingerprint density at radius 1 is 1.29 bits per heavy atom. The van der Waals surface area contributed by atoms with E-state index in [9.17, 15) is 0 Å². The lowest BCUT2D eigenvalue weighted by molar-refractivity contribution is 1.01. The fraction of sp³-hybridized carbons (Fsp3) is 0.231. The molecule has 0 aliphatic carbocycles. The lowest BCUT2D eigenvalue weighted by Crippen LogP contribution is -2.12. The quantitative estimate of drug-likeness (QED) is 0.873. The number of nitrogens with two attached hydrogens (primary N) is 1. The summed E-state index contributed by atoms with van der Waals surface area (Å²) in [7, 11) is 1.98. The molecule has 0 aliphatic rings. The Balaban J connectivity index is 2.33. The van der Waals surface area contributed by atoms with Crippen LogP contribution in [0.15, 0.2) is 36.5 Å². The van der Waals surface area contributed by atoms with Gasteiger partial charge in [-0.2, -0.15) is 0 Å². The second-order valence-electron chi connectivity index (χ2n) is 3.90. The first kappa shape index (κ1) is 11.5. The van der Waals surface area contributed by atoms with Crippen LogP contribution in [-0.4, -0.2) is 17.0 Å². The maximum atomic E-state index is 5.64. The predicted octanol–water partition coefficient (Wildman–Crippen LogP) is 2.01. The van der Waals surface area contributed by atoms with Gasteiger partial charge in [0.1, 0.15) is 11.6 Å². The van der Waals surface area contributed by atoms with Crippen LogP contribution in [0.5, 0.6) is 0 Å². The second-order valence-corrected chi connectivity index (χ2v) is 3.90. The molecule has 2 rings (SSSR count). The van der Waals surface area contributed by atoms with Gasteiger partial charge >= 0.3 is 0 Å². The Labute approximate surface area is 101 Å². The number of nitrogens with zero attached hydrogens (tertiary/aromatic N) is 3. The standard InChI is InChI=1S/C13H16N4/c1-10-15-7-6-13(16-10)17(2)12-5-3-4-11(8-12)9-14/h3-8H,9,14H2,1-2H3. The Kier molecular flexibility index (Phi) is 3.35. The molecule has 0 fully saturated rings. The highest BCUT2D eigenvalue weighted by Crippen LogP contribution is 2.21. The zero-order valence-electron chi connectivity index (χ0n) is 10.1. The molecule has 0 amide bonds. The Morgan fingerprint density at radius 2 is 2.12 bits per heavy atom. The minimum atomic E-state index is 0.546. The normalized spacial score (nSPS) is 10.3. The first-order chi connectivity index (χ1) is 8.20. The zero-order valence-corrected chi connectivity index (χ0v) is 10.1. The maximum Gasteiger partial charge on any atom is 0.136 e.